The molecule has 2 amide bonds. The second-order valence-corrected chi connectivity index (χ2v) is 9.13. The number of carbonyl (C=O) groups is 2. The smallest absolute Gasteiger partial charge is 0.274 e. The number of nitrogens with one attached hydrogen (secondary N) is 3. The van der Waals surface area contributed by atoms with E-state index in [1.54, 1.807) is 6.92 Å². The van der Waals surface area contributed by atoms with Gasteiger partial charge in [-0.3, -0.25) is 14.4 Å². The van der Waals surface area contributed by atoms with Gasteiger partial charge in [0, 0.05) is 25.1 Å². The molecule has 3 N–H and O–H groups in total. The van der Waals surface area contributed by atoms with Gasteiger partial charge in [-0.25, -0.2) is 9.97 Å². The number of carbonyl (C=O) groups excluding carboxylic acids is 2. The molecule has 0 aromatic carbocycles. The van der Waals surface area contributed by atoms with E-state index in [0.29, 0.717) is 18.2 Å². The Bertz CT molecular complexity index is 1060. The van der Waals surface area contributed by atoms with Crippen LogP contribution in [0.15, 0.2) is 23.3 Å². The number of nitrogens with zero attached hydrogens (tertiary/aromatic N) is 3. The molecule has 9 nitrogen and oxygen atoms in total. The minimum Gasteiger partial charge on any atom is -0.350 e. The Hall–Kier alpha value is -2.94. The molecule has 1 aliphatic rings. The van der Waals surface area contributed by atoms with Gasteiger partial charge in [0.1, 0.15) is 29.3 Å². The second-order valence-electron chi connectivity index (χ2n) is 8.72. The van der Waals surface area contributed by atoms with Crippen molar-refractivity contribution in [1.29, 1.82) is 0 Å². The van der Waals surface area contributed by atoms with Crippen molar-refractivity contribution in [3.05, 3.63) is 39.5 Å². The van der Waals surface area contributed by atoms with E-state index in [9.17, 15) is 14.4 Å². The van der Waals surface area contributed by atoms with Crippen LogP contribution in [0.25, 0.3) is 0 Å². The summed E-state index contributed by atoms with van der Waals surface area (Å²) < 4.78 is 1.32. The lowest BCUT2D eigenvalue weighted by Crippen LogP contribution is -2.37. The zero-order valence-corrected chi connectivity index (χ0v) is 18.8. The zero-order chi connectivity index (χ0) is 22.8. The third-order valence-electron chi connectivity index (χ3n) is 4.68. The molecule has 0 spiro atoms. The molecule has 2 aromatic heterocycles. The molecule has 0 saturated heterocycles. The van der Waals surface area contributed by atoms with Gasteiger partial charge < -0.3 is 20.5 Å². The van der Waals surface area contributed by atoms with E-state index in [-0.39, 0.29) is 40.2 Å². The predicted molar refractivity (Wildman–Crippen MR) is 120 cm³/mol. The fourth-order valence-corrected chi connectivity index (χ4v) is 3.19. The van der Waals surface area contributed by atoms with Gasteiger partial charge in [0.15, 0.2) is 0 Å². The molecular formula is C21H27ClN6O3. The molecule has 0 radical (unpaired) electrons. The topological polar surface area (TPSA) is 118 Å². The van der Waals surface area contributed by atoms with Crippen LogP contribution >= 0.6 is 11.6 Å². The number of pyridine rings is 1. The largest absolute Gasteiger partial charge is 0.350 e. The quantitative estimate of drug-likeness (QED) is 0.601. The van der Waals surface area contributed by atoms with E-state index in [4.69, 9.17) is 11.6 Å². The lowest BCUT2D eigenvalue weighted by Gasteiger charge is -2.20. The van der Waals surface area contributed by atoms with E-state index in [1.165, 1.54) is 23.0 Å². The van der Waals surface area contributed by atoms with Gasteiger partial charge in [0.05, 0.1) is 5.02 Å². The van der Waals surface area contributed by atoms with Crippen LogP contribution in [0.5, 0.6) is 0 Å². The number of hydrogen-bond donors (Lipinski definition) is 3. The molecule has 2 aromatic rings. The van der Waals surface area contributed by atoms with Crippen LogP contribution in [-0.2, 0) is 11.3 Å². The summed E-state index contributed by atoms with van der Waals surface area (Å²) in [6, 6.07) is 2.94. The van der Waals surface area contributed by atoms with E-state index >= 15 is 0 Å². The Morgan fingerprint density at radius 1 is 1.19 bits per heavy atom. The molecule has 1 saturated carbocycles. The van der Waals surface area contributed by atoms with Crippen LogP contribution in [0.1, 0.15) is 51.0 Å². The first-order valence-electron chi connectivity index (χ1n) is 10.2. The zero-order valence-electron chi connectivity index (χ0n) is 18.1. The predicted octanol–water partition coefficient (Wildman–Crippen LogP) is 3.18. The lowest BCUT2D eigenvalue weighted by atomic mass is 9.97. The number of aromatic nitrogens is 3. The van der Waals surface area contributed by atoms with Gasteiger partial charge in [-0.05, 0) is 31.2 Å². The summed E-state index contributed by atoms with van der Waals surface area (Å²) in [6.07, 6.45) is 3.05. The fraction of sp³-hybridized carbons (Fsp3) is 0.476. The Balaban J connectivity index is 1.84. The summed E-state index contributed by atoms with van der Waals surface area (Å²) in [6.45, 7) is 8.46. The van der Waals surface area contributed by atoms with E-state index < -0.39 is 11.5 Å². The molecule has 0 unspecified atom stereocenters. The van der Waals surface area contributed by atoms with Crippen LogP contribution in [0.3, 0.4) is 0 Å². The first kappa shape index (κ1) is 22.7. The molecule has 166 valence electrons. The van der Waals surface area contributed by atoms with Crippen molar-refractivity contribution >= 4 is 40.7 Å². The van der Waals surface area contributed by atoms with Crippen molar-refractivity contribution in [3.63, 3.8) is 0 Å². The van der Waals surface area contributed by atoms with Crippen molar-refractivity contribution in [1.82, 2.24) is 19.9 Å². The Morgan fingerprint density at radius 3 is 2.48 bits per heavy atom. The molecule has 1 fully saturated rings. The van der Waals surface area contributed by atoms with E-state index in [1.807, 2.05) is 20.8 Å². The second kappa shape index (κ2) is 9.05. The normalized spacial score (nSPS) is 13.6. The monoisotopic (exact) mass is 446 g/mol. The summed E-state index contributed by atoms with van der Waals surface area (Å²) in [5.41, 5.74) is -0.239. The highest BCUT2D eigenvalue weighted by Crippen LogP contribution is 2.30. The SMILES string of the molecule is CCn1c(C(=O)NCC(C)(C)C)c(Cl)cc(Nc2cc(NC(=O)C3CC3)ncn2)c1=O. The van der Waals surface area contributed by atoms with Gasteiger partial charge in [0.2, 0.25) is 5.91 Å². The van der Waals surface area contributed by atoms with Crippen LogP contribution in [-0.4, -0.2) is 32.9 Å². The minimum atomic E-state index is -0.407. The number of rotatable bonds is 7. The van der Waals surface area contributed by atoms with Crippen LogP contribution in [0.2, 0.25) is 5.02 Å². The Kier molecular flexibility index (Phi) is 6.64. The molecule has 2 heterocycles. The van der Waals surface area contributed by atoms with Gasteiger partial charge in [0.25, 0.3) is 11.5 Å². The summed E-state index contributed by atoms with van der Waals surface area (Å²) >= 11 is 6.39. The third kappa shape index (κ3) is 5.81. The average molecular weight is 447 g/mol. The Labute approximate surface area is 185 Å². The van der Waals surface area contributed by atoms with Crippen molar-refractivity contribution < 1.29 is 9.59 Å². The van der Waals surface area contributed by atoms with Gasteiger partial charge in [-0.15, -0.1) is 0 Å². The van der Waals surface area contributed by atoms with Crippen LogP contribution in [0, 0.1) is 11.3 Å². The summed E-state index contributed by atoms with van der Waals surface area (Å²) in [5, 5.41) is 8.62. The molecule has 1 aliphatic carbocycles. The van der Waals surface area contributed by atoms with Crippen LogP contribution < -0.4 is 21.5 Å². The minimum absolute atomic E-state index is 0.0407. The van der Waals surface area contributed by atoms with Crippen molar-refractivity contribution in [2.45, 2.75) is 47.1 Å². The molecule has 3 rings (SSSR count). The Morgan fingerprint density at radius 2 is 1.87 bits per heavy atom. The molecule has 10 heteroatoms. The van der Waals surface area contributed by atoms with E-state index in [2.05, 4.69) is 25.9 Å². The molecule has 0 aliphatic heterocycles. The van der Waals surface area contributed by atoms with Crippen molar-refractivity contribution in [2.75, 3.05) is 17.2 Å². The van der Waals surface area contributed by atoms with Crippen LogP contribution in [0.4, 0.5) is 17.3 Å². The summed E-state index contributed by atoms with van der Waals surface area (Å²) in [5.74, 6) is 0.222. The molecule has 31 heavy (non-hydrogen) atoms. The third-order valence-corrected chi connectivity index (χ3v) is 4.97. The standard InChI is InChI=1S/C21H27ClN6O3/c1-5-28-17(19(30)23-10-21(2,3)4)13(22)8-14(20(28)31)26-15-9-16(25-11-24-15)27-18(29)12-6-7-12/h8-9,11-12H,5-7,10H2,1-4H3,(H,23,30)(H2,24,25,26,27,29). The lowest BCUT2D eigenvalue weighted by molar-refractivity contribution is -0.117. The maximum absolute atomic E-state index is 13.0. The molecule has 0 atom stereocenters. The fourth-order valence-electron chi connectivity index (χ4n) is 2.89. The number of amides is 2. The highest BCUT2D eigenvalue weighted by molar-refractivity contribution is 6.33. The van der Waals surface area contributed by atoms with Crippen molar-refractivity contribution in [3.8, 4) is 0 Å². The first-order valence-corrected chi connectivity index (χ1v) is 10.6. The molecule has 0 bridgehead atoms. The maximum atomic E-state index is 13.0. The average Bonchev–Trinajstić information content (AvgIpc) is 3.53. The summed E-state index contributed by atoms with van der Waals surface area (Å²) in [7, 11) is 0. The number of halogens is 1. The molecular weight excluding hydrogens is 420 g/mol. The summed E-state index contributed by atoms with van der Waals surface area (Å²) in [4.78, 5) is 45.8. The van der Waals surface area contributed by atoms with Gasteiger partial charge in [-0.1, -0.05) is 32.4 Å². The highest BCUT2D eigenvalue weighted by Gasteiger charge is 2.30. The van der Waals surface area contributed by atoms with Gasteiger partial charge >= 0.3 is 0 Å². The number of anilines is 3. The van der Waals surface area contributed by atoms with E-state index in [0.717, 1.165) is 12.8 Å². The number of hydrogen-bond acceptors (Lipinski definition) is 6. The highest BCUT2D eigenvalue weighted by atomic mass is 35.5. The first-order chi connectivity index (χ1) is 14.6. The van der Waals surface area contributed by atoms with Gasteiger partial charge in [-0.2, -0.15) is 0 Å². The van der Waals surface area contributed by atoms with Crippen molar-refractivity contribution in [2.24, 2.45) is 11.3 Å². The maximum Gasteiger partial charge on any atom is 0.274 e.